The van der Waals surface area contributed by atoms with Crippen molar-refractivity contribution in [3.63, 3.8) is 0 Å². The molecule has 0 radical (unpaired) electrons. The Morgan fingerprint density at radius 3 is 2.75 bits per heavy atom. The maximum atomic E-state index is 12.9. The maximum absolute atomic E-state index is 12.9. The van der Waals surface area contributed by atoms with Crippen molar-refractivity contribution in [3.8, 4) is 22.9 Å². The Morgan fingerprint density at radius 1 is 1.25 bits per heavy atom. The van der Waals surface area contributed by atoms with E-state index >= 15 is 0 Å². The van der Waals surface area contributed by atoms with Gasteiger partial charge < -0.3 is 14.8 Å². The Hall–Kier alpha value is -3.43. The van der Waals surface area contributed by atoms with Gasteiger partial charge in [-0.25, -0.2) is 4.98 Å². The first-order valence-electron chi connectivity index (χ1n) is 9.07. The van der Waals surface area contributed by atoms with Crippen molar-refractivity contribution in [1.29, 1.82) is 5.26 Å². The quantitative estimate of drug-likeness (QED) is 0.758. The highest BCUT2D eigenvalue weighted by molar-refractivity contribution is 6.10. The molecule has 1 aromatic heterocycles. The van der Waals surface area contributed by atoms with Crippen molar-refractivity contribution in [2.45, 2.75) is 12.5 Å². The van der Waals surface area contributed by atoms with Crippen LogP contribution in [-0.2, 0) is 4.74 Å². The summed E-state index contributed by atoms with van der Waals surface area (Å²) in [6, 6.07) is 17.1. The summed E-state index contributed by atoms with van der Waals surface area (Å²) in [4.78, 5) is 17.4. The van der Waals surface area contributed by atoms with Gasteiger partial charge in [-0.15, -0.1) is 0 Å². The number of nitrogens with one attached hydrogen (secondary N) is 1. The number of rotatable bonds is 4. The lowest BCUT2D eigenvalue weighted by Crippen LogP contribution is -2.35. The molecule has 0 bridgehead atoms. The second-order valence-corrected chi connectivity index (χ2v) is 6.61. The van der Waals surface area contributed by atoms with Crippen LogP contribution in [0, 0.1) is 11.3 Å². The van der Waals surface area contributed by atoms with Crippen LogP contribution in [0.25, 0.3) is 21.9 Å². The number of hydrogen-bond acceptors (Lipinski definition) is 5. The Kier molecular flexibility index (Phi) is 4.92. The summed E-state index contributed by atoms with van der Waals surface area (Å²) in [6.45, 7) is 1.12. The third kappa shape index (κ3) is 3.28. The number of pyridine rings is 1. The molecule has 0 spiro atoms. The van der Waals surface area contributed by atoms with Gasteiger partial charge in [0.1, 0.15) is 23.2 Å². The van der Waals surface area contributed by atoms with Gasteiger partial charge in [-0.05, 0) is 35.6 Å². The largest absolute Gasteiger partial charge is 0.497 e. The lowest BCUT2D eigenvalue weighted by atomic mass is 9.95. The van der Waals surface area contributed by atoms with Gasteiger partial charge in [-0.2, -0.15) is 5.26 Å². The van der Waals surface area contributed by atoms with Crippen LogP contribution < -0.4 is 10.1 Å². The van der Waals surface area contributed by atoms with Crippen molar-refractivity contribution < 1.29 is 14.3 Å². The summed E-state index contributed by atoms with van der Waals surface area (Å²) in [5, 5.41) is 14.2. The van der Waals surface area contributed by atoms with E-state index in [1.165, 1.54) is 0 Å². The summed E-state index contributed by atoms with van der Waals surface area (Å²) >= 11 is 0. The molecule has 1 fully saturated rings. The van der Waals surface area contributed by atoms with Gasteiger partial charge >= 0.3 is 0 Å². The topological polar surface area (TPSA) is 84.2 Å². The fourth-order valence-corrected chi connectivity index (χ4v) is 3.47. The van der Waals surface area contributed by atoms with Crippen LogP contribution >= 0.6 is 0 Å². The van der Waals surface area contributed by atoms with E-state index in [1.54, 1.807) is 13.2 Å². The minimum absolute atomic E-state index is 0.0399. The van der Waals surface area contributed by atoms with Gasteiger partial charge in [0.25, 0.3) is 5.91 Å². The van der Waals surface area contributed by atoms with E-state index < -0.39 is 0 Å². The fraction of sp³-hybridized carbons (Fsp3) is 0.227. The van der Waals surface area contributed by atoms with Gasteiger partial charge in [0.05, 0.1) is 19.8 Å². The van der Waals surface area contributed by atoms with Gasteiger partial charge in [-0.3, -0.25) is 4.79 Å². The number of carbonyl (C=O) groups excluding carboxylic acids is 1. The molecule has 1 atom stereocenters. The molecule has 1 aliphatic heterocycles. The minimum Gasteiger partial charge on any atom is -0.497 e. The van der Waals surface area contributed by atoms with E-state index in [4.69, 9.17) is 9.47 Å². The van der Waals surface area contributed by atoms with Crippen LogP contribution in [0.4, 0.5) is 0 Å². The van der Waals surface area contributed by atoms with Crippen LogP contribution in [0.2, 0.25) is 0 Å². The highest BCUT2D eigenvalue weighted by Crippen LogP contribution is 2.34. The highest BCUT2D eigenvalue weighted by atomic mass is 16.5. The van der Waals surface area contributed by atoms with Crippen molar-refractivity contribution >= 4 is 16.7 Å². The van der Waals surface area contributed by atoms with Crippen molar-refractivity contribution in [2.75, 3.05) is 20.3 Å². The summed E-state index contributed by atoms with van der Waals surface area (Å²) in [7, 11) is 1.59. The Balaban J connectivity index is 1.92. The van der Waals surface area contributed by atoms with Crippen LogP contribution in [0.1, 0.15) is 22.6 Å². The zero-order valence-electron chi connectivity index (χ0n) is 15.4. The lowest BCUT2D eigenvalue weighted by molar-refractivity contribution is 0.0926. The zero-order chi connectivity index (χ0) is 19.5. The first-order chi connectivity index (χ1) is 13.7. The molecule has 2 heterocycles. The summed E-state index contributed by atoms with van der Waals surface area (Å²) < 4.78 is 10.7. The van der Waals surface area contributed by atoms with E-state index in [1.807, 2.05) is 42.5 Å². The highest BCUT2D eigenvalue weighted by Gasteiger charge is 2.23. The Morgan fingerprint density at radius 2 is 2.07 bits per heavy atom. The molecule has 2 aromatic carbocycles. The molecule has 4 rings (SSSR count). The van der Waals surface area contributed by atoms with Gasteiger partial charge in [-0.1, -0.05) is 30.3 Å². The monoisotopic (exact) mass is 373 g/mol. The number of carbonyl (C=O) groups is 1. The molecule has 1 unspecified atom stereocenters. The molecule has 1 amide bonds. The van der Waals surface area contributed by atoms with Crippen LogP contribution in [0.5, 0.6) is 5.75 Å². The number of ether oxygens (including phenoxy) is 2. The molecule has 1 saturated heterocycles. The zero-order valence-corrected chi connectivity index (χ0v) is 15.4. The van der Waals surface area contributed by atoms with Gasteiger partial charge in [0.15, 0.2) is 0 Å². The molecular formula is C22H19N3O3. The molecule has 0 saturated carbocycles. The number of nitrogens with zero attached hydrogens (tertiary/aromatic N) is 2. The van der Waals surface area contributed by atoms with E-state index in [9.17, 15) is 10.1 Å². The summed E-state index contributed by atoms with van der Waals surface area (Å²) in [5.41, 5.74) is 2.00. The smallest absolute Gasteiger partial charge is 0.270 e. The van der Waals surface area contributed by atoms with Gasteiger partial charge in [0.2, 0.25) is 0 Å². The fourth-order valence-electron chi connectivity index (χ4n) is 3.47. The molecule has 1 aliphatic rings. The third-order valence-electron chi connectivity index (χ3n) is 4.86. The molecule has 140 valence electrons. The Labute approximate surface area is 162 Å². The second-order valence-electron chi connectivity index (χ2n) is 6.61. The van der Waals surface area contributed by atoms with E-state index in [2.05, 4.69) is 16.4 Å². The molecule has 3 aromatic rings. The first-order valence-corrected chi connectivity index (χ1v) is 9.07. The van der Waals surface area contributed by atoms with E-state index in [0.29, 0.717) is 29.9 Å². The minimum atomic E-state index is -0.304. The Bertz CT molecular complexity index is 1070. The summed E-state index contributed by atoms with van der Waals surface area (Å²) in [6.07, 6.45) is 0.769. The number of fused-ring (bicyclic) bond motifs is 1. The summed E-state index contributed by atoms with van der Waals surface area (Å²) in [5.74, 6) is 0.345. The predicted octanol–water partition coefficient (Wildman–Crippen LogP) is 3.30. The maximum Gasteiger partial charge on any atom is 0.270 e. The van der Waals surface area contributed by atoms with E-state index in [0.717, 1.165) is 17.4 Å². The molecule has 0 aliphatic carbocycles. The first kappa shape index (κ1) is 18.0. The number of amides is 1. The second kappa shape index (κ2) is 7.67. The average Bonchev–Trinajstić information content (AvgIpc) is 3.25. The normalized spacial score (nSPS) is 15.9. The van der Waals surface area contributed by atoms with Crippen LogP contribution in [0.3, 0.4) is 0 Å². The van der Waals surface area contributed by atoms with Crippen molar-refractivity contribution in [2.24, 2.45) is 0 Å². The molecule has 1 N–H and O–H groups in total. The lowest BCUT2D eigenvalue weighted by Gasteiger charge is -2.15. The number of nitriles is 1. The van der Waals surface area contributed by atoms with Crippen molar-refractivity contribution in [1.82, 2.24) is 10.3 Å². The number of benzene rings is 2. The van der Waals surface area contributed by atoms with Crippen LogP contribution in [-0.4, -0.2) is 37.3 Å². The number of methoxy groups -OCH3 is 1. The van der Waals surface area contributed by atoms with Crippen molar-refractivity contribution in [3.05, 3.63) is 59.9 Å². The third-order valence-corrected chi connectivity index (χ3v) is 4.86. The SMILES string of the molecule is COc1ccc2c(C(=O)NC3CCOC3)nc(C#N)c(-c3ccccc3)c2c1. The van der Waals surface area contributed by atoms with E-state index in [-0.39, 0.29) is 23.3 Å². The number of hydrogen-bond donors (Lipinski definition) is 1. The molecule has 6 nitrogen and oxygen atoms in total. The molecular weight excluding hydrogens is 354 g/mol. The average molecular weight is 373 g/mol. The predicted molar refractivity (Wildman–Crippen MR) is 105 cm³/mol. The van der Waals surface area contributed by atoms with Gasteiger partial charge in [0, 0.05) is 17.6 Å². The molecule has 6 heteroatoms. The standard InChI is InChI=1S/C22H19N3O3/c1-27-16-7-8-17-18(11-16)20(14-5-3-2-4-6-14)19(12-23)25-21(17)22(26)24-15-9-10-28-13-15/h2-8,11,15H,9-10,13H2,1H3,(H,24,26). The number of aromatic nitrogens is 1. The van der Waals surface area contributed by atoms with Crippen LogP contribution in [0.15, 0.2) is 48.5 Å². The molecule has 28 heavy (non-hydrogen) atoms.